The van der Waals surface area contributed by atoms with Crippen molar-refractivity contribution in [2.75, 3.05) is 32.9 Å². The number of hydrogen-bond donors (Lipinski definition) is 2. The first kappa shape index (κ1) is 11.5. The lowest BCUT2D eigenvalue weighted by Gasteiger charge is -2.05. The lowest BCUT2D eigenvalue weighted by atomic mass is 10.2. The minimum atomic E-state index is -0.205. The molecule has 0 fully saturated rings. The van der Waals surface area contributed by atoms with Crippen LogP contribution in [0.5, 0.6) is 0 Å². The lowest BCUT2D eigenvalue weighted by Crippen LogP contribution is -2.17. The molecule has 1 rings (SSSR count). The van der Waals surface area contributed by atoms with Crippen molar-refractivity contribution >= 4 is 11.9 Å². The zero-order chi connectivity index (χ0) is 11.3. The summed E-state index contributed by atoms with van der Waals surface area (Å²) >= 11 is 0. The largest absolute Gasteiger partial charge is 0.398 e. The molecule has 5 nitrogen and oxygen atoms in total. The Hall–Kier alpha value is -1.62. The fraction of sp³-hybridized carbons (Fsp3) is 0.400. The quantitative estimate of drug-likeness (QED) is 0.681. The highest BCUT2D eigenvalue weighted by Crippen LogP contribution is 2.00. The molecule has 3 N–H and O–H groups in total. The van der Waals surface area contributed by atoms with Crippen molar-refractivity contribution in [2.45, 2.75) is 0 Å². The van der Waals surface area contributed by atoms with Gasteiger partial charge in [-0.15, -0.1) is 0 Å². The van der Waals surface area contributed by atoms with Crippen LogP contribution in [-0.2, 0) is 0 Å². The van der Waals surface area contributed by atoms with E-state index < -0.39 is 0 Å². The van der Waals surface area contributed by atoms with E-state index in [2.05, 4.69) is 9.98 Å². The molecule has 0 bridgehead atoms. The molecule has 0 aliphatic carbocycles. The zero-order valence-corrected chi connectivity index (χ0v) is 9.03. The van der Waals surface area contributed by atoms with Gasteiger partial charge < -0.3 is 15.6 Å². The highest BCUT2D eigenvalue weighted by atomic mass is 16.1. The molecule has 0 unspecified atom stereocenters. The molecule has 0 atom stereocenters. The van der Waals surface area contributed by atoms with Gasteiger partial charge in [-0.2, -0.15) is 0 Å². The van der Waals surface area contributed by atoms with Crippen LogP contribution in [0.1, 0.15) is 5.56 Å². The Balaban J connectivity index is 2.68. The smallest absolute Gasteiger partial charge is 0.258 e. The number of nitrogens with two attached hydrogens (primary N) is 1. The number of aliphatic imine (C=N–C) groups is 1. The van der Waals surface area contributed by atoms with E-state index in [9.17, 15) is 4.79 Å². The predicted octanol–water partition coefficient (Wildman–Crippen LogP) is -0.0624. The van der Waals surface area contributed by atoms with E-state index in [-0.39, 0.29) is 5.56 Å². The first-order valence-corrected chi connectivity index (χ1v) is 4.73. The summed E-state index contributed by atoms with van der Waals surface area (Å²) in [6, 6.07) is 1.65. The fourth-order valence-corrected chi connectivity index (χ4v) is 1.05. The van der Waals surface area contributed by atoms with Crippen LogP contribution in [0, 0.1) is 0 Å². The topological polar surface area (TPSA) is 74.5 Å². The van der Waals surface area contributed by atoms with Gasteiger partial charge in [0.15, 0.2) is 0 Å². The molecule has 0 amide bonds. The number of likely N-dealkylation sites (N-methyl/N-ethyl adjacent to an activating group) is 1. The second-order valence-corrected chi connectivity index (χ2v) is 3.51. The van der Waals surface area contributed by atoms with Crippen LogP contribution in [0.2, 0.25) is 0 Å². The Morgan fingerprint density at radius 2 is 2.33 bits per heavy atom. The van der Waals surface area contributed by atoms with Gasteiger partial charge in [-0.05, 0) is 20.2 Å². The van der Waals surface area contributed by atoms with Gasteiger partial charge in [0.05, 0.1) is 12.1 Å². The number of pyridine rings is 1. The van der Waals surface area contributed by atoms with Crippen molar-refractivity contribution in [2.24, 2.45) is 4.99 Å². The minimum absolute atomic E-state index is 0.205. The average molecular weight is 208 g/mol. The SMILES string of the molecule is CN(C)CCN=Cc1c(N)cc[nH]c1=O. The third-order valence-corrected chi connectivity index (χ3v) is 1.93. The molecule has 0 aliphatic rings. The lowest BCUT2D eigenvalue weighted by molar-refractivity contribution is 0.421. The van der Waals surface area contributed by atoms with Crippen LogP contribution in [0.25, 0.3) is 0 Å². The standard InChI is InChI=1S/C10H16N4O/c1-14(2)6-5-12-7-8-9(11)3-4-13-10(8)15/h3-4,7H,5-6H2,1-2H3,(H3,11,13,15). The highest BCUT2D eigenvalue weighted by molar-refractivity contribution is 5.86. The molecule has 15 heavy (non-hydrogen) atoms. The normalized spacial score (nSPS) is 11.4. The maximum atomic E-state index is 11.3. The van der Waals surface area contributed by atoms with Crippen molar-refractivity contribution in [1.29, 1.82) is 0 Å². The molecule has 0 radical (unpaired) electrons. The van der Waals surface area contributed by atoms with Crippen LogP contribution < -0.4 is 11.3 Å². The summed E-state index contributed by atoms with van der Waals surface area (Å²) in [6.45, 7) is 1.50. The van der Waals surface area contributed by atoms with Crippen LogP contribution >= 0.6 is 0 Å². The van der Waals surface area contributed by atoms with Crippen LogP contribution in [-0.4, -0.2) is 43.3 Å². The molecule has 0 saturated heterocycles. The zero-order valence-electron chi connectivity index (χ0n) is 9.03. The Labute approximate surface area is 88.6 Å². The monoisotopic (exact) mass is 208 g/mol. The molecule has 0 aliphatic heterocycles. The Morgan fingerprint density at radius 1 is 1.60 bits per heavy atom. The molecule has 82 valence electrons. The van der Waals surface area contributed by atoms with Gasteiger partial charge in [-0.25, -0.2) is 0 Å². The van der Waals surface area contributed by atoms with Gasteiger partial charge in [0.1, 0.15) is 0 Å². The number of hydrogen-bond acceptors (Lipinski definition) is 4. The van der Waals surface area contributed by atoms with E-state index in [1.807, 2.05) is 19.0 Å². The van der Waals surface area contributed by atoms with E-state index in [0.29, 0.717) is 17.8 Å². The Kier molecular flexibility index (Phi) is 4.05. The number of rotatable bonds is 4. The van der Waals surface area contributed by atoms with Gasteiger partial charge in [-0.3, -0.25) is 9.79 Å². The first-order valence-electron chi connectivity index (χ1n) is 4.73. The number of aromatic nitrogens is 1. The molecule has 0 saturated carbocycles. The maximum absolute atomic E-state index is 11.3. The summed E-state index contributed by atoms with van der Waals surface area (Å²) in [4.78, 5) is 20.0. The third kappa shape index (κ3) is 3.55. The molecule has 1 heterocycles. The number of nitrogen functional groups attached to an aromatic ring is 1. The van der Waals surface area contributed by atoms with Gasteiger partial charge in [-0.1, -0.05) is 0 Å². The molecule has 0 spiro atoms. The van der Waals surface area contributed by atoms with Crippen LogP contribution in [0.4, 0.5) is 5.69 Å². The molecule has 1 aromatic heterocycles. The predicted molar refractivity (Wildman–Crippen MR) is 62.5 cm³/mol. The van der Waals surface area contributed by atoms with Gasteiger partial charge >= 0.3 is 0 Å². The molecular formula is C10H16N4O. The number of aromatic amines is 1. The average Bonchev–Trinajstić information content (AvgIpc) is 2.15. The summed E-state index contributed by atoms with van der Waals surface area (Å²) in [5, 5.41) is 0. The first-order chi connectivity index (χ1) is 7.11. The minimum Gasteiger partial charge on any atom is -0.398 e. The second kappa shape index (κ2) is 5.31. The summed E-state index contributed by atoms with van der Waals surface area (Å²) in [5.74, 6) is 0. The van der Waals surface area contributed by atoms with E-state index >= 15 is 0 Å². The molecule has 1 aromatic rings. The summed E-state index contributed by atoms with van der Waals surface area (Å²) in [6.07, 6.45) is 3.05. The number of nitrogens with zero attached hydrogens (tertiary/aromatic N) is 2. The molecular weight excluding hydrogens is 192 g/mol. The van der Waals surface area contributed by atoms with Crippen molar-refractivity contribution in [3.8, 4) is 0 Å². The second-order valence-electron chi connectivity index (χ2n) is 3.51. The van der Waals surface area contributed by atoms with Gasteiger partial charge in [0.25, 0.3) is 5.56 Å². The Bertz CT molecular complexity index is 395. The summed E-state index contributed by atoms with van der Waals surface area (Å²) < 4.78 is 0. The van der Waals surface area contributed by atoms with Crippen molar-refractivity contribution < 1.29 is 0 Å². The van der Waals surface area contributed by atoms with E-state index in [0.717, 1.165) is 6.54 Å². The van der Waals surface area contributed by atoms with E-state index in [1.54, 1.807) is 6.07 Å². The number of H-pyrrole nitrogens is 1. The summed E-state index contributed by atoms with van der Waals surface area (Å²) in [7, 11) is 3.94. The fourth-order valence-electron chi connectivity index (χ4n) is 1.05. The van der Waals surface area contributed by atoms with Gasteiger partial charge in [0, 0.05) is 24.6 Å². The molecule has 0 aromatic carbocycles. The Morgan fingerprint density at radius 3 is 2.93 bits per heavy atom. The van der Waals surface area contributed by atoms with Crippen molar-refractivity contribution in [1.82, 2.24) is 9.88 Å². The third-order valence-electron chi connectivity index (χ3n) is 1.93. The van der Waals surface area contributed by atoms with E-state index in [4.69, 9.17) is 5.73 Å². The number of anilines is 1. The van der Waals surface area contributed by atoms with Crippen LogP contribution in [0.3, 0.4) is 0 Å². The van der Waals surface area contributed by atoms with Crippen molar-refractivity contribution in [3.05, 3.63) is 28.2 Å². The van der Waals surface area contributed by atoms with Crippen LogP contribution in [0.15, 0.2) is 22.1 Å². The summed E-state index contributed by atoms with van der Waals surface area (Å²) in [5.41, 5.74) is 6.32. The highest BCUT2D eigenvalue weighted by Gasteiger charge is 1.99. The van der Waals surface area contributed by atoms with Crippen molar-refractivity contribution in [3.63, 3.8) is 0 Å². The van der Waals surface area contributed by atoms with E-state index in [1.165, 1.54) is 12.4 Å². The van der Waals surface area contributed by atoms with Gasteiger partial charge in [0.2, 0.25) is 0 Å². The maximum Gasteiger partial charge on any atom is 0.258 e. The molecule has 5 heteroatoms. The number of nitrogens with one attached hydrogen (secondary N) is 1.